The molecule has 0 fully saturated rings. The minimum Gasteiger partial charge on any atom is -0.375 e. The summed E-state index contributed by atoms with van der Waals surface area (Å²) in [5.74, 6) is 0. The maximum Gasteiger partial charge on any atom is 0.197 e. The maximum absolute atomic E-state index is 12.9. The van der Waals surface area contributed by atoms with E-state index in [0.717, 1.165) is 16.7 Å². The Morgan fingerprint density at radius 1 is 1.04 bits per heavy atom. The molecule has 4 heteroatoms. The van der Waals surface area contributed by atoms with E-state index in [0.29, 0.717) is 15.8 Å². The quantitative estimate of drug-likeness (QED) is 0.657. The molecule has 120 valence electrons. The fraction of sp³-hybridized carbons (Fsp3) is 0.316. The van der Waals surface area contributed by atoms with Crippen molar-refractivity contribution in [3.8, 4) is 0 Å². The number of rotatable bonds is 1. The monoisotopic (exact) mass is 328 g/mol. The average Bonchev–Trinajstić information content (AvgIpc) is 2.45. The number of aromatic amines is 1. The second-order valence-corrected chi connectivity index (χ2v) is 7.58. The fourth-order valence-electron chi connectivity index (χ4n) is 2.91. The van der Waals surface area contributed by atoms with E-state index < -0.39 is 0 Å². The van der Waals surface area contributed by atoms with Gasteiger partial charge >= 0.3 is 0 Å². The molecule has 1 heterocycles. The van der Waals surface area contributed by atoms with Gasteiger partial charge in [-0.2, -0.15) is 0 Å². The Bertz CT molecular complexity index is 965. The van der Waals surface area contributed by atoms with Crippen LogP contribution < -0.4 is 10.3 Å². The van der Waals surface area contributed by atoms with Crippen molar-refractivity contribution in [2.24, 2.45) is 0 Å². The Kier molecular flexibility index (Phi) is 3.64. The second kappa shape index (κ2) is 5.27. The topological polar surface area (TPSA) is 36.1 Å². The van der Waals surface area contributed by atoms with Crippen LogP contribution in [0.1, 0.15) is 26.3 Å². The molecular weight excluding hydrogens is 308 g/mol. The van der Waals surface area contributed by atoms with E-state index in [2.05, 4.69) is 31.8 Å². The molecule has 3 rings (SSSR count). The number of anilines is 1. The second-order valence-electron chi connectivity index (χ2n) is 7.18. The first-order valence-corrected chi connectivity index (χ1v) is 8.04. The molecule has 0 atom stereocenters. The Balaban J connectivity index is 2.47. The number of H-pyrrole nitrogens is 1. The van der Waals surface area contributed by atoms with Gasteiger partial charge in [0.1, 0.15) is 0 Å². The van der Waals surface area contributed by atoms with E-state index >= 15 is 0 Å². The van der Waals surface area contributed by atoms with Gasteiger partial charge in [-0.15, -0.1) is 0 Å². The molecule has 0 amide bonds. The van der Waals surface area contributed by atoms with Crippen LogP contribution in [0.5, 0.6) is 0 Å². The summed E-state index contributed by atoms with van der Waals surface area (Å²) in [7, 11) is 3.85. The minimum absolute atomic E-state index is 0.0265. The molecule has 3 aromatic rings. The van der Waals surface area contributed by atoms with Crippen LogP contribution in [0.2, 0.25) is 5.02 Å². The van der Waals surface area contributed by atoms with Crippen molar-refractivity contribution < 1.29 is 0 Å². The van der Waals surface area contributed by atoms with E-state index in [4.69, 9.17) is 11.6 Å². The normalized spacial score (nSPS) is 12.1. The highest BCUT2D eigenvalue weighted by atomic mass is 35.5. The number of nitrogens with zero attached hydrogens (tertiary/aromatic N) is 1. The van der Waals surface area contributed by atoms with Crippen molar-refractivity contribution in [2.75, 3.05) is 19.0 Å². The van der Waals surface area contributed by atoms with Crippen molar-refractivity contribution in [3.63, 3.8) is 0 Å². The standard InChI is InChI=1S/C19H21ClN2O/c1-19(2,3)11-6-7-12-15(10-11)21-16-13(18(12)23)8-9-14(20)17(16)22(4)5/h6-10H,1-5H3,(H,21,23). The Morgan fingerprint density at radius 3 is 2.30 bits per heavy atom. The third kappa shape index (κ3) is 2.59. The smallest absolute Gasteiger partial charge is 0.197 e. The molecule has 1 N–H and O–H groups in total. The van der Waals surface area contributed by atoms with Gasteiger partial charge < -0.3 is 9.88 Å². The Morgan fingerprint density at radius 2 is 1.70 bits per heavy atom. The zero-order valence-corrected chi connectivity index (χ0v) is 14.9. The van der Waals surface area contributed by atoms with E-state index in [1.807, 2.05) is 31.1 Å². The SMILES string of the molecule is CN(C)c1c(Cl)ccc2c(=O)c3ccc(C(C)(C)C)cc3[nH]c12. The fourth-order valence-corrected chi connectivity index (χ4v) is 3.24. The zero-order chi connectivity index (χ0) is 16.9. The van der Waals surface area contributed by atoms with Crippen LogP contribution in [-0.2, 0) is 5.41 Å². The lowest BCUT2D eigenvalue weighted by molar-refractivity contribution is 0.591. The molecular formula is C19H21ClN2O. The number of fused-ring (bicyclic) bond motifs is 2. The molecule has 0 spiro atoms. The van der Waals surface area contributed by atoms with Gasteiger partial charge in [0, 0.05) is 24.9 Å². The van der Waals surface area contributed by atoms with Gasteiger partial charge in [0.2, 0.25) is 0 Å². The number of benzene rings is 2. The molecule has 0 aliphatic rings. The molecule has 0 aliphatic carbocycles. The van der Waals surface area contributed by atoms with Crippen LogP contribution in [0, 0.1) is 0 Å². The summed E-state index contributed by atoms with van der Waals surface area (Å²) in [5.41, 5.74) is 3.72. The van der Waals surface area contributed by atoms with Crippen molar-refractivity contribution in [1.82, 2.24) is 4.98 Å². The molecule has 2 aromatic carbocycles. The molecule has 1 aromatic heterocycles. The average molecular weight is 329 g/mol. The molecule has 0 aliphatic heterocycles. The summed E-state index contributed by atoms with van der Waals surface area (Å²) >= 11 is 6.34. The van der Waals surface area contributed by atoms with Gasteiger partial charge in [-0.3, -0.25) is 4.79 Å². The summed E-state index contributed by atoms with van der Waals surface area (Å²) in [6.45, 7) is 6.49. The summed E-state index contributed by atoms with van der Waals surface area (Å²) < 4.78 is 0. The van der Waals surface area contributed by atoms with Crippen molar-refractivity contribution in [3.05, 3.63) is 51.1 Å². The predicted molar refractivity (Wildman–Crippen MR) is 100 cm³/mol. The largest absolute Gasteiger partial charge is 0.375 e. The van der Waals surface area contributed by atoms with Crippen LogP contribution >= 0.6 is 11.6 Å². The third-order valence-corrected chi connectivity index (χ3v) is 4.52. The number of hydrogen-bond acceptors (Lipinski definition) is 2. The van der Waals surface area contributed by atoms with Gasteiger partial charge in [-0.25, -0.2) is 0 Å². The first kappa shape index (κ1) is 15.9. The minimum atomic E-state index is 0.0265. The highest BCUT2D eigenvalue weighted by molar-refractivity contribution is 6.34. The van der Waals surface area contributed by atoms with Gasteiger partial charge in [-0.05, 0) is 35.2 Å². The number of hydrogen-bond donors (Lipinski definition) is 1. The summed E-state index contributed by atoms with van der Waals surface area (Å²) in [6, 6.07) is 9.59. The Labute approximate surface area is 140 Å². The lowest BCUT2D eigenvalue weighted by Gasteiger charge is -2.20. The summed E-state index contributed by atoms with van der Waals surface area (Å²) in [4.78, 5) is 18.2. The lowest BCUT2D eigenvalue weighted by Crippen LogP contribution is -2.14. The molecule has 23 heavy (non-hydrogen) atoms. The highest BCUT2D eigenvalue weighted by Crippen LogP contribution is 2.32. The number of pyridine rings is 1. The predicted octanol–water partition coefficient (Wildman–Crippen LogP) is 4.70. The number of nitrogens with one attached hydrogen (secondary N) is 1. The lowest BCUT2D eigenvalue weighted by atomic mass is 9.86. The van der Waals surface area contributed by atoms with E-state index in [1.165, 1.54) is 5.56 Å². The van der Waals surface area contributed by atoms with Crippen LogP contribution in [0.3, 0.4) is 0 Å². The first-order chi connectivity index (χ1) is 10.7. The molecule has 0 bridgehead atoms. The van der Waals surface area contributed by atoms with E-state index in [-0.39, 0.29) is 10.8 Å². The Hall–Kier alpha value is -2.00. The molecule has 0 saturated carbocycles. The molecule has 3 nitrogen and oxygen atoms in total. The number of halogens is 1. The van der Waals surface area contributed by atoms with Gasteiger partial charge in [-0.1, -0.05) is 38.4 Å². The summed E-state index contributed by atoms with van der Waals surface area (Å²) in [5, 5.41) is 2.00. The van der Waals surface area contributed by atoms with Crippen LogP contribution in [0.4, 0.5) is 5.69 Å². The zero-order valence-electron chi connectivity index (χ0n) is 14.1. The first-order valence-electron chi connectivity index (χ1n) is 7.66. The molecule has 0 radical (unpaired) electrons. The van der Waals surface area contributed by atoms with Crippen molar-refractivity contribution >= 4 is 39.1 Å². The van der Waals surface area contributed by atoms with E-state index in [1.54, 1.807) is 12.1 Å². The van der Waals surface area contributed by atoms with Crippen molar-refractivity contribution in [1.29, 1.82) is 0 Å². The van der Waals surface area contributed by atoms with E-state index in [9.17, 15) is 4.79 Å². The van der Waals surface area contributed by atoms with Crippen molar-refractivity contribution in [2.45, 2.75) is 26.2 Å². The maximum atomic E-state index is 12.9. The molecule has 0 saturated heterocycles. The van der Waals surface area contributed by atoms with Gasteiger partial charge in [0.05, 0.1) is 21.7 Å². The van der Waals surface area contributed by atoms with Crippen LogP contribution in [0.25, 0.3) is 21.8 Å². The van der Waals surface area contributed by atoms with Crippen LogP contribution in [0.15, 0.2) is 35.1 Å². The molecule has 0 unspecified atom stereocenters. The number of aromatic nitrogens is 1. The third-order valence-electron chi connectivity index (χ3n) is 4.21. The van der Waals surface area contributed by atoms with Gasteiger partial charge in [0.25, 0.3) is 0 Å². The van der Waals surface area contributed by atoms with Crippen LogP contribution in [-0.4, -0.2) is 19.1 Å². The summed E-state index contributed by atoms with van der Waals surface area (Å²) in [6.07, 6.45) is 0. The van der Waals surface area contributed by atoms with Gasteiger partial charge in [0.15, 0.2) is 5.43 Å². The highest BCUT2D eigenvalue weighted by Gasteiger charge is 2.17.